The van der Waals surface area contributed by atoms with Crippen molar-refractivity contribution in [1.29, 1.82) is 0 Å². The molecule has 2 rings (SSSR count). The Morgan fingerprint density at radius 1 is 1.31 bits per heavy atom. The maximum Gasteiger partial charge on any atom is 0.0575 e. The molecule has 0 amide bonds. The number of rotatable bonds is 2. The van der Waals surface area contributed by atoms with E-state index >= 15 is 0 Å². The first-order valence-electron chi connectivity index (χ1n) is 4.41. The minimum atomic E-state index is -0.152. The van der Waals surface area contributed by atoms with Crippen LogP contribution in [0.2, 0.25) is 5.02 Å². The van der Waals surface area contributed by atoms with E-state index in [0.717, 1.165) is 15.6 Å². The minimum absolute atomic E-state index is 0. The van der Waals surface area contributed by atoms with E-state index in [1.165, 1.54) is 0 Å². The molecule has 1 atom stereocenters. The van der Waals surface area contributed by atoms with Gasteiger partial charge in [0.05, 0.1) is 6.04 Å². The summed E-state index contributed by atoms with van der Waals surface area (Å²) in [6, 6.07) is 7.60. The van der Waals surface area contributed by atoms with Crippen molar-refractivity contribution in [1.82, 2.24) is 0 Å². The Hall–Kier alpha value is -0.0600. The van der Waals surface area contributed by atoms with Gasteiger partial charge in [-0.3, -0.25) is 0 Å². The molecule has 1 nitrogen and oxygen atoms in total. The Bertz CT molecular complexity index is 459. The Kier molecular flexibility index (Phi) is 5.28. The summed E-state index contributed by atoms with van der Waals surface area (Å²) in [4.78, 5) is 0. The normalized spacial score (nSPS) is 11.9. The zero-order valence-corrected chi connectivity index (χ0v) is 12.2. The summed E-state index contributed by atoms with van der Waals surface area (Å²) < 4.78 is 0.993. The Morgan fingerprint density at radius 2 is 2.06 bits per heavy atom. The number of hydrogen-bond donors (Lipinski definition) is 1. The van der Waals surface area contributed by atoms with Crippen LogP contribution in [0.3, 0.4) is 0 Å². The van der Waals surface area contributed by atoms with Gasteiger partial charge in [-0.1, -0.05) is 27.5 Å². The fourth-order valence-corrected chi connectivity index (χ4v) is 2.69. The molecule has 0 saturated carbocycles. The van der Waals surface area contributed by atoms with E-state index in [2.05, 4.69) is 15.9 Å². The summed E-state index contributed by atoms with van der Waals surface area (Å²) in [6.45, 7) is 0. The van der Waals surface area contributed by atoms with Crippen LogP contribution in [-0.2, 0) is 0 Å². The standard InChI is InChI=1S/C11H9BrClNS.ClH/c12-8-1-2-10(13)9(5-8)11(14)7-3-4-15-6-7;/h1-6,11H,14H2;1H/t11-;/m0./s1. The van der Waals surface area contributed by atoms with E-state index in [4.69, 9.17) is 17.3 Å². The predicted octanol–water partition coefficient (Wildman–Crippen LogP) is 4.63. The third-order valence-corrected chi connectivity index (χ3v) is 3.73. The van der Waals surface area contributed by atoms with Crippen molar-refractivity contribution < 1.29 is 0 Å². The van der Waals surface area contributed by atoms with Gasteiger partial charge in [0.25, 0.3) is 0 Å². The minimum Gasteiger partial charge on any atom is -0.320 e. The maximum absolute atomic E-state index is 6.13. The smallest absolute Gasteiger partial charge is 0.0575 e. The van der Waals surface area contributed by atoms with Gasteiger partial charge < -0.3 is 5.73 Å². The van der Waals surface area contributed by atoms with Crippen molar-refractivity contribution in [2.24, 2.45) is 5.73 Å². The van der Waals surface area contributed by atoms with E-state index in [-0.39, 0.29) is 18.4 Å². The number of thiophene rings is 1. The van der Waals surface area contributed by atoms with E-state index in [9.17, 15) is 0 Å². The second kappa shape index (κ2) is 6.03. The first-order chi connectivity index (χ1) is 7.18. The molecule has 0 fully saturated rings. The van der Waals surface area contributed by atoms with E-state index in [1.54, 1.807) is 11.3 Å². The molecule has 1 aromatic heterocycles. The zero-order valence-electron chi connectivity index (χ0n) is 8.19. The Balaban J connectivity index is 0.00000128. The van der Waals surface area contributed by atoms with E-state index in [0.29, 0.717) is 5.02 Å². The van der Waals surface area contributed by atoms with Crippen molar-refractivity contribution in [3.8, 4) is 0 Å². The van der Waals surface area contributed by atoms with Crippen LogP contribution >= 0.6 is 51.3 Å². The lowest BCUT2D eigenvalue weighted by Gasteiger charge is -2.12. The SMILES string of the molecule is Cl.N[C@@H](c1ccsc1)c1cc(Br)ccc1Cl. The molecule has 2 N–H and O–H groups in total. The van der Waals surface area contributed by atoms with Gasteiger partial charge in [0, 0.05) is 9.50 Å². The van der Waals surface area contributed by atoms with Gasteiger partial charge in [0.1, 0.15) is 0 Å². The maximum atomic E-state index is 6.13. The molecule has 1 aromatic carbocycles. The largest absolute Gasteiger partial charge is 0.320 e. The molecule has 0 bridgehead atoms. The van der Waals surface area contributed by atoms with E-state index in [1.807, 2.05) is 35.0 Å². The fourth-order valence-electron chi connectivity index (χ4n) is 1.38. The molecule has 0 radical (unpaired) electrons. The third-order valence-electron chi connectivity index (χ3n) is 2.20. The third kappa shape index (κ3) is 2.99. The number of halogens is 3. The lowest BCUT2D eigenvalue weighted by Crippen LogP contribution is -2.11. The highest BCUT2D eigenvalue weighted by Gasteiger charge is 2.12. The van der Waals surface area contributed by atoms with Gasteiger partial charge in [-0.2, -0.15) is 11.3 Å². The molecule has 0 saturated heterocycles. The molecule has 0 aliphatic heterocycles. The molecule has 0 aliphatic carbocycles. The number of benzene rings is 1. The zero-order chi connectivity index (χ0) is 10.8. The molecule has 0 aliphatic rings. The highest BCUT2D eigenvalue weighted by atomic mass is 79.9. The van der Waals surface area contributed by atoms with Gasteiger partial charge in [0.2, 0.25) is 0 Å². The first kappa shape index (κ1) is 14.0. The highest BCUT2D eigenvalue weighted by molar-refractivity contribution is 9.10. The average molecular weight is 339 g/mol. The summed E-state index contributed by atoms with van der Waals surface area (Å²) in [5, 5.41) is 4.76. The topological polar surface area (TPSA) is 26.0 Å². The van der Waals surface area contributed by atoms with E-state index < -0.39 is 0 Å². The van der Waals surface area contributed by atoms with Crippen LogP contribution in [0.25, 0.3) is 0 Å². The summed E-state index contributed by atoms with van der Waals surface area (Å²) in [5.41, 5.74) is 8.18. The second-order valence-corrected chi connectivity index (χ2v) is 5.30. The van der Waals surface area contributed by atoms with Gasteiger partial charge in [-0.05, 0) is 46.2 Å². The van der Waals surface area contributed by atoms with Crippen molar-refractivity contribution in [3.05, 3.63) is 55.6 Å². The summed E-state index contributed by atoms with van der Waals surface area (Å²) in [6.07, 6.45) is 0. The molecule has 86 valence electrons. The summed E-state index contributed by atoms with van der Waals surface area (Å²) >= 11 is 11.2. The van der Waals surface area contributed by atoms with Crippen LogP contribution in [0.5, 0.6) is 0 Å². The van der Waals surface area contributed by atoms with Crippen molar-refractivity contribution in [2.45, 2.75) is 6.04 Å². The van der Waals surface area contributed by atoms with Crippen LogP contribution in [0, 0.1) is 0 Å². The van der Waals surface area contributed by atoms with Crippen molar-refractivity contribution in [2.75, 3.05) is 0 Å². The van der Waals surface area contributed by atoms with Crippen molar-refractivity contribution >= 4 is 51.3 Å². The molecule has 2 aromatic rings. The molecule has 0 spiro atoms. The Labute approximate surface area is 118 Å². The van der Waals surface area contributed by atoms with Crippen LogP contribution in [0.15, 0.2) is 39.5 Å². The molecule has 5 heteroatoms. The number of hydrogen-bond acceptors (Lipinski definition) is 2. The van der Waals surface area contributed by atoms with Crippen molar-refractivity contribution in [3.63, 3.8) is 0 Å². The highest BCUT2D eigenvalue weighted by Crippen LogP contribution is 2.29. The molecular formula is C11H10BrCl2NS. The van der Waals surface area contributed by atoms with Crippen LogP contribution in [0.4, 0.5) is 0 Å². The lowest BCUT2D eigenvalue weighted by molar-refractivity contribution is 0.876. The van der Waals surface area contributed by atoms with Gasteiger partial charge in [0.15, 0.2) is 0 Å². The van der Waals surface area contributed by atoms with Gasteiger partial charge in [-0.15, -0.1) is 12.4 Å². The summed E-state index contributed by atoms with van der Waals surface area (Å²) in [5.74, 6) is 0. The monoisotopic (exact) mass is 337 g/mol. The van der Waals surface area contributed by atoms with Gasteiger partial charge in [-0.25, -0.2) is 0 Å². The van der Waals surface area contributed by atoms with Crippen LogP contribution < -0.4 is 5.73 Å². The second-order valence-electron chi connectivity index (χ2n) is 3.20. The number of nitrogens with two attached hydrogens (primary N) is 1. The Morgan fingerprint density at radius 3 is 2.69 bits per heavy atom. The lowest BCUT2D eigenvalue weighted by atomic mass is 10.0. The molecular weight excluding hydrogens is 329 g/mol. The average Bonchev–Trinajstić information content (AvgIpc) is 2.74. The molecule has 1 heterocycles. The first-order valence-corrected chi connectivity index (χ1v) is 6.52. The molecule has 0 unspecified atom stereocenters. The van der Waals surface area contributed by atoms with Gasteiger partial charge >= 0.3 is 0 Å². The predicted molar refractivity (Wildman–Crippen MR) is 76.7 cm³/mol. The van der Waals surface area contributed by atoms with Crippen LogP contribution in [-0.4, -0.2) is 0 Å². The van der Waals surface area contributed by atoms with Crippen LogP contribution in [0.1, 0.15) is 17.2 Å². The fraction of sp³-hybridized carbons (Fsp3) is 0.0909. The quantitative estimate of drug-likeness (QED) is 0.848. The summed E-state index contributed by atoms with van der Waals surface area (Å²) in [7, 11) is 0. The molecule has 16 heavy (non-hydrogen) atoms.